The van der Waals surface area contributed by atoms with Crippen molar-refractivity contribution >= 4 is 22.5 Å². The van der Waals surface area contributed by atoms with Gasteiger partial charge in [-0.05, 0) is 43.3 Å². The van der Waals surface area contributed by atoms with Gasteiger partial charge in [-0.1, -0.05) is 11.6 Å². The SMILES string of the molecule is COc1ccc(-c2nc(Cl)c3ccc(F)c(C)c3n2)cc1. The molecule has 0 aliphatic heterocycles. The second kappa shape index (κ2) is 5.30. The molecule has 0 spiro atoms. The Morgan fingerprint density at radius 3 is 2.43 bits per heavy atom. The fourth-order valence-electron chi connectivity index (χ4n) is 2.14. The number of aryl methyl sites for hydroxylation is 1. The van der Waals surface area contributed by atoms with Gasteiger partial charge in [0, 0.05) is 16.5 Å². The summed E-state index contributed by atoms with van der Waals surface area (Å²) in [5.74, 6) is 0.898. The van der Waals surface area contributed by atoms with Gasteiger partial charge in [-0.2, -0.15) is 0 Å². The number of methoxy groups -OCH3 is 1. The van der Waals surface area contributed by atoms with Gasteiger partial charge in [0.2, 0.25) is 0 Å². The van der Waals surface area contributed by atoms with Crippen molar-refractivity contribution in [1.82, 2.24) is 9.97 Å². The Kier molecular flexibility index (Phi) is 3.47. The molecule has 0 saturated carbocycles. The molecule has 1 heterocycles. The van der Waals surface area contributed by atoms with Gasteiger partial charge in [-0.3, -0.25) is 0 Å². The topological polar surface area (TPSA) is 35.0 Å². The van der Waals surface area contributed by atoms with E-state index in [1.54, 1.807) is 20.1 Å². The van der Waals surface area contributed by atoms with E-state index in [0.717, 1.165) is 11.3 Å². The first kappa shape index (κ1) is 13.8. The van der Waals surface area contributed by atoms with E-state index >= 15 is 0 Å². The lowest BCUT2D eigenvalue weighted by atomic mass is 10.1. The molecule has 0 bridgehead atoms. The van der Waals surface area contributed by atoms with Crippen LogP contribution < -0.4 is 4.74 Å². The molecule has 0 saturated heterocycles. The van der Waals surface area contributed by atoms with Gasteiger partial charge in [0.25, 0.3) is 0 Å². The highest BCUT2D eigenvalue weighted by atomic mass is 35.5. The van der Waals surface area contributed by atoms with Crippen molar-refractivity contribution in [2.75, 3.05) is 7.11 Å². The Hall–Kier alpha value is -2.20. The molecule has 0 unspecified atom stereocenters. The maximum atomic E-state index is 13.7. The van der Waals surface area contributed by atoms with Crippen LogP contribution in [0.1, 0.15) is 5.56 Å². The summed E-state index contributed by atoms with van der Waals surface area (Å²) < 4.78 is 18.8. The lowest BCUT2D eigenvalue weighted by molar-refractivity contribution is 0.415. The molecule has 0 N–H and O–H groups in total. The predicted octanol–water partition coefficient (Wildman–Crippen LogP) is 4.41. The molecule has 21 heavy (non-hydrogen) atoms. The number of halogens is 2. The molecule has 0 fully saturated rings. The molecule has 3 nitrogen and oxygen atoms in total. The van der Waals surface area contributed by atoms with Crippen LogP contribution in [0, 0.1) is 12.7 Å². The minimum atomic E-state index is -0.307. The summed E-state index contributed by atoms with van der Waals surface area (Å²) in [6.45, 7) is 1.68. The Labute approximate surface area is 126 Å². The van der Waals surface area contributed by atoms with E-state index in [9.17, 15) is 4.39 Å². The summed E-state index contributed by atoms with van der Waals surface area (Å²) in [6.07, 6.45) is 0. The number of rotatable bonds is 2. The van der Waals surface area contributed by atoms with Crippen LogP contribution in [0.25, 0.3) is 22.3 Å². The highest BCUT2D eigenvalue weighted by Crippen LogP contribution is 2.28. The van der Waals surface area contributed by atoms with Crippen LogP contribution in [-0.2, 0) is 0 Å². The van der Waals surface area contributed by atoms with E-state index in [1.807, 2.05) is 24.3 Å². The number of ether oxygens (including phenoxy) is 1. The number of benzene rings is 2. The summed E-state index contributed by atoms with van der Waals surface area (Å²) in [5, 5.41) is 0.960. The maximum absolute atomic E-state index is 13.7. The third-order valence-electron chi connectivity index (χ3n) is 3.36. The highest BCUT2D eigenvalue weighted by Gasteiger charge is 2.12. The normalized spacial score (nSPS) is 10.9. The van der Waals surface area contributed by atoms with Gasteiger partial charge >= 0.3 is 0 Å². The molecule has 2 aromatic carbocycles. The molecule has 0 atom stereocenters. The van der Waals surface area contributed by atoms with Gasteiger partial charge in [0.05, 0.1) is 12.6 Å². The number of hydrogen-bond donors (Lipinski definition) is 0. The molecule has 3 aromatic rings. The van der Waals surface area contributed by atoms with Gasteiger partial charge in [0.15, 0.2) is 5.82 Å². The maximum Gasteiger partial charge on any atom is 0.161 e. The van der Waals surface area contributed by atoms with Crippen molar-refractivity contribution < 1.29 is 9.13 Å². The van der Waals surface area contributed by atoms with Gasteiger partial charge in [-0.25, -0.2) is 14.4 Å². The zero-order valence-electron chi connectivity index (χ0n) is 11.5. The van der Waals surface area contributed by atoms with Crippen molar-refractivity contribution in [2.24, 2.45) is 0 Å². The van der Waals surface area contributed by atoms with Crippen LogP contribution in [0.3, 0.4) is 0 Å². The Morgan fingerprint density at radius 1 is 1.05 bits per heavy atom. The number of hydrogen-bond acceptors (Lipinski definition) is 3. The molecule has 3 rings (SSSR count). The lowest BCUT2D eigenvalue weighted by Gasteiger charge is -2.08. The fourth-order valence-corrected chi connectivity index (χ4v) is 2.37. The standard InChI is InChI=1S/C16H12ClFN2O/c1-9-13(18)8-7-12-14(9)19-16(20-15(12)17)10-3-5-11(21-2)6-4-10/h3-8H,1-2H3. The first-order chi connectivity index (χ1) is 10.1. The van der Waals surface area contributed by atoms with Crippen molar-refractivity contribution in [3.63, 3.8) is 0 Å². The van der Waals surface area contributed by atoms with E-state index in [0.29, 0.717) is 27.4 Å². The molecule has 5 heteroatoms. The second-order valence-corrected chi connectivity index (χ2v) is 4.99. The predicted molar refractivity (Wildman–Crippen MR) is 81.2 cm³/mol. The van der Waals surface area contributed by atoms with Gasteiger partial charge < -0.3 is 4.74 Å². The second-order valence-electron chi connectivity index (χ2n) is 4.64. The van der Waals surface area contributed by atoms with Crippen molar-refractivity contribution in [2.45, 2.75) is 6.92 Å². The summed E-state index contributed by atoms with van der Waals surface area (Å²) in [4.78, 5) is 8.73. The van der Waals surface area contributed by atoms with E-state index in [-0.39, 0.29) is 5.82 Å². The molecule has 106 valence electrons. The van der Waals surface area contributed by atoms with Crippen LogP contribution in [-0.4, -0.2) is 17.1 Å². The first-order valence-corrected chi connectivity index (χ1v) is 6.74. The molecule has 0 aliphatic carbocycles. The van der Waals surface area contributed by atoms with Crippen LogP contribution in [0.5, 0.6) is 5.75 Å². The summed E-state index contributed by atoms with van der Waals surface area (Å²) in [6, 6.07) is 10.3. The van der Waals surface area contributed by atoms with Crippen LogP contribution >= 0.6 is 11.6 Å². The van der Waals surface area contributed by atoms with Crippen molar-refractivity contribution in [1.29, 1.82) is 0 Å². The van der Waals surface area contributed by atoms with E-state index in [2.05, 4.69) is 9.97 Å². The average Bonchev–Trinajstić information content (AvgIpc) is 2.51. The van der Waals surface area contributed by atoms with E-state index in [1.165, 1.54) is 6.07 Å². The summed E-state index contributed by atoms with van der Waals surface area (Å²) >= 11 is 6.20. The van der Waals surface area contributed by atoms with Crippen LogP contribution in [0.2, 0.25) is 5.15 Å². The monoisotopic (exact) mass is 302 g/mol. The fraction of sp³-hybridized carbons (Fsp3) is 0.125. The Morgan fingerprint density at radius 2 is 1.76 bits per heavy atom. The molecule has 0 amide bonds. The zero-order chi connectivity index (χ0) is 15.0. The zero-order valence-corrected chi connectivity index (χ0v) is 12.3. The number of aromatic nitrogens is 2. The van der Waals surface area contributed by atoms with Crippen LogP contribution in [0.15, 0.2) is 36.4 Å². The molecule has 1 aromatic heterocycles. The first-order valence-electron chi connectivity index (χ1n) is 6.37. The lowest BCUT2D eigenvalue weighted by Crippen LogP contribution is -1.95. The molecular formula is C16H12ClFN2O. The quantitative estimate of drug-likeness (QED) is 0.658. The van der Waals surface area contributed by atoms with Gasteiger partial charge in [0.1, 0.15) is 16.7 Å². The number of fused-ring (bicyclic) bond motifs is 1. The smallest absolute Gasteiger partial charge is 0.161 e. The van der Waals surface area contributed by atoms with E-state index < -0.39 is 0 Å². The van der Waals surface area contributed by atoms with Crippen molar-refractivity contribution in [3.8, 4) is 17.1 Å². The molecule has 0 aliphatic rings. The Balaban J connectivity index is 2.21. The summed E-state index contributed by atoms with van der Waals surface area (Å²) in [7, 11) is 1.60. The summed E-state index contributed by atoms with van der Waals surface area (Å²) in [5.41, 5.74) is 1.79. The largest absolute Gasteiger partial charge is 0.497 e. The third-order valence-corrected chi connectivity index (χ3v) is 3.65. The third kappa shape index (κ3) is 2.43. The minimum absolute atomic E-state index is 0.307. The van der Waals surface area contributed by atoms with E-state index in [4.69, 9.17) is 16.3 Å². The highest BCUT2D eigenvalue weighted by molar-refractivity contribution is 6.34. The minimum Gasteiger partial charge on any atom is -0.497 e. The van der Waals surface area contributed by atoms with Crippen molar-refractivity contribution in [3.05, 3.63) is 52.9 Å². The molecule has 0 radical (unpaired) electrons. The Bertz CT molecular complexity index is 819. The number of nitrogens with zero attached hydrogens (tertiary/aromatic N) is 2. The average molecular weight is 303 g/mol. The van der Waals surface area contributed by atoms with Crippen LogP contribution in [0.4, 0.5) is 4.39 Å². The van der Waals surface area contributed by atoms with Gasteiger partial charge in [-0.15, -0.1) is 0 Å². The molecular weight excluding hydrogens is 291 g/mol.